The lowest BCUT2D eigenvalue weighted by Crippen LogP contribution is -2.12. The Morgan fingerprint density at radius 3 is 2.58 bits per heavy atom. The maximum Gasteiger partial charge on any atom is 0.191 e. The van der Waals surface area contributed by atoms with Crippen LogP contribution in [0.4, 0.5) is 0 Å². The van der Waals surface area contributed by atoms with E-state index in [-0.39, 0.29) is 6.10 Å². The molecule has 2 aromatic carbocycles. The van der Waals surface area contributed by atoms with Crippen LogP contribution in [0.3, 0.4) is 0 Å². The second kappa shape index (κ2) is 8.60. The van der Waals surface area contributed by atoms with Crippen LogP contribution in [0.2, 0.25) is 5.02 Å². The van der Waals surface area contributed by atoms with Crippen LogP contribution in [-0.4, -0.2) is 14.8 Å². The van der Waals surface area contributed by atoms with Crippen molar-refractivity contribution in [2.75, 3.05) is 0 Å². The summed E-state index contributed by atoms with van der Waals surface area (Å²) in [5.41, 5.74) is 2.60. The minimum Gasteiger partial charge on any atom is -0.481 e. The molecule has 6 heteroatoms. The maximum absolute atomic E-state index is 6.20. The van der Waals surface area contributed by atoms with E-state index in [9.17, 15) is 0 Å². The molecule has 1 aromatic heterocycles. The normalized spacial score (nSPS) is 12.2. The lowest BCUT2D eigenvalue weighted by atomic mass is 10.1. The highest BCUT2D eigenvalue weighted by Crippen LogP contribution is 2.30. The number of nitrogens with zero attached hydrogens (tertiary/aromatic N) is 3. The predicted octanol–water partition coefficient (Wildman–Crippen LogP) is 5.69. The number of aryl methyl sites for hydroxylation is 1. The number of rotatable bonds is 7. The van der Waals surface area contributed by atoms with Gasteiger partial charge in [0, 0.05) is 12.3 Å². The van der Waals surface area contributed by atoms with Crippen LogP contribution in [0.25, 0.3) is 0 Å². The number of hydrogen-bond donors (Lipinski definition) is 0. The van der Waals surface area contributed by atoms with Crippen molar-refractivity contribution in [1.29, 1.82) is 0 Å². The van der Waals surface area contributed by atoms with Gasteiger partial charge in [-0.2, -0.15) is 0 Å². The summed E-state index contributed by atoms with van der Waals surface area (Å²) in [5.74, 6) is 2.33. The highest BCUT2D eigenvalue weighted by atomic mass is 35.5. The number of halogens is 1. The summed E-state index contributed by atoms with van der Waals surface area (Å²) in [5, 5.41) is 10.2. The van der Waals surface area contributed by atoms with Gasteiger partial charge in [0.05, 0.1) is 5.02 Å². The van der Waals surface area contributed by atoms with Crippen LogP contribution in [0, 0.1) is 6.92 Å². The van der Waals surface area contributed by atoms with Gasteiger partial charge < -0.3 is 9.30 Å². The Bertz CT molecular complexity index is 881. The Kier molecular flexibility index (Phi) is 6.22. The molecule has 0 aliphatic rings. The standard InChI is InChI=1S/C20H22ClN3OS/c1-4-24-19(15(3)25-18-12-8-7-11-17(18)21)22-23-20(24)26-13-16-10-6-5-9-14(16)2/h5-12,15H,4,13H2,1-3H3. The molecule has 1 heterocycles. The zero-order valence-electron chi connectivity index (χ0n) is 15.1. The van der Waals surface area contributed by atoms with Crippen molar-refractivity contribution in [3.63, 3.8) is 0 Å². The molecule has 0 spiro atoms. The van der Waals surface area contributed by atoms with Crippen LogP contribution in [-0.2, 0) is 12.3 Å². The van der Waals surface area contributed by atoms with E-state index in [2.05, 4.69) is 52.9 Å². The topological polar surface area (TPSA) is 39.9 Å². The van der Waals surface area contributed by atoms with E-state index in [0.717, 1.165) is 23.3 Å². The van der Waals surface area contributed by atoms with Crippen molar-refractivity contribution in [1.82, 2.24) is 14.8 Å². The van der Waals surface area contributed by atoms with Gasteiger partial charge in [-0.05, 0) is 44.0 Å². The van der Waals surface area contributed by atoms with Gasteiger partial charge in [0.2, 0.25) is 0 Å². The fraction of sp³-hybridized carbons (Fsp3) is 0.300. The summed E-state index contributed by atoms with van der Waals surface area (Å²) in [6.07, 6.45) is -0.241. The molecule has 3 rings (SSSR count). The van der Waals surface area contributed by atoms with Crippen LogP contribution < -0.4 is 4.74 Å². The van der Waals surface area contributed by atoms with Gasteiger partial charge in [-0.15, -0.1) is 10.2 Å². The molecule has 0 amide bonds. The molecule has 0 saturated carbocycles. The Balaban J connectivity index is 1.75. The van der Waals surface area contributed by atoms with Crippen LogP contribution in [0.15, 0.2) is 53.7 Å². The molecule has 0 bridgehead atoms. The van der Waals surface area contributed by atoms with Gasteiger partial charge in [0.15, 0.2) is 17.1 Å². The van der Waals surface area contributed by atoms with E-state index in [1.165, 1.54) is 11.1 Å². The van der Waals surface area contributed by atoms with E-state index in [1.807, 2.05) is 31.2 Å². The maximum atomic E-state index is 6.20. The van der Waals surface area contributed by atoms with Crippen LogP contribution >= 0.6 is 23.4 Å². The number of hydrogen-bond acceptors (Lipinski definition) is 4. The average Bonchev–Trinajstić information content (AvgIpc) is 3.06. The van der Waals surface area contributed by atoms with Gasteiger partial charge in [-0.3, -0.25) is 0 Å². The number of thioether (sulfide) groups is 1. The minimum atomic E-state index is -0.241. The summed E-state index contributed by atoms with van der Waals surface area (Å²) in [6, 6.07) is 15.9. The first kappa shape index (κ1) is 18.8. The third-order valence-corrected chi connectivity index (χ3v) is 5.51. The molecular formula is C20H22ClN3OS. The van der Waals surface area contributed by atoms with Crippen molar-refractivity contribution in [3.8, 4) is 5.75 Å². The highest BCUT2D eigenvalue weighted by molar-refractivity contribution is 7.98. The molecular weight excluding hydrogens is 366 g/mol. The first-order chi connectivity index (χ1) is 12.6. The Morgan fingerprint density at radius 1 is 1.12 bits per heavy atom. The zero-order chi connectivity index (χ0) is 18.5. The van der Waals surface area contributed by atoms with Gasteiger partial charge >= 0.3 is 0 Å². The lowest BCUT2D eigenvalue weighted by Gasteiger charge is -2.16. The van der Waals surface area contributed by atoms with Crippen molar-refractivity contribution in [2.45, 2.75) is 44.3 Å². The first-order valence-corrected chi connectivity index (χ1v) is 9.98. The average molecular weight is 388 g/mol. The Morgan fingerprint density at radius 2 is 1.85 bits per heavy atom. The number of ether oxygens (including phenoxy) is 1. The largest absolute Gasteiger partial charge is 0.481 e. The molecule has 4 nitrogen and oxygen atoms in total. The van der Waals surface area contributed by atoms with E-state index in [0.29, 0.717) is 10.8 Å². The van der Waals surface area contributed by atoms with E-state index < -0.39 is 0 Å². The van der Waals surface area contributed by atoms with E-state index >= 15 is 0 Å². The molecule has 0 saturated heterocycles. The van der Waals surface area contributed by atoms with Crippen molar-refractivity contribution in [3.05, 3.63) is 70.5 Å². The Hall–Kier alpha value is -1.98. The summed E-state index contributed by atoms with van der Waals surface area (Å²) < 4.78 is 8.11. The van der Waals surface area contributed by atoms with Gasteiger partial charge in [0.25, 0.3) is 0 Å². The van der Waals surface area contributed by atoms with Crippen molar-refractivity contribution in [2.24, 2.45) is 0 Å². The lowest BCUT2D eigenvalue weighted by molar-refractivity contribution is 0.210. The van der Waals surface area contributed by atoms with E-state index in [4.69, 9.17) is 16.3 Å². The van der Waals surface area contributed by atoms with Gasteiger partial charge in [-0.25, -0.2) is 0 Å². The second-order valence-electron chi connectivity index (χ2n) is 5.99. The fourth-order valence-corrected chi connectivity index (χ4v) is 3.97. The molecule has 136 valence electrons. The molecule has 26 heavy (non-hydrogen) atoms. The monoisotopic (exact) mass is 387 g/mol. The highest BCUT2D eigenvalue weighted by Gasteiger charge is 2.19. The smallest absolute Gasteiger partial charge is 0.191 e. The first-order valence-electron chi connectivity index (χ1n) is 8.61. The summed E-state index contributed by atoms with van der Waals surface area (Å²) >= 11 is 7.89. The molecule has 0 N–H and O–H groups in total. The molecule has 1 atom stereocenters. The third kappa shape index (κ3) is 4.22. The third-order valence-electron chi connectivity index (χ3n) is 4.18. The fourth-order valence-electron chi connectivity index (χ4n) is 2.70. The SMILES string of the molecule is CCn1c(SCc2ccccc2C)nnc1C(C)Oc1ccccc1Cl. The van der Waals surface area contributed by atoms with Crippen LogP contribution in [0.5, 0.6) is 5.75 Å². The zero-order valence-corrected chi connectivity index (χ0v) is 16.7. The number of para-hydroxylation sites is 1. The molecule has 0 aliphatic heterocycles. The van der Waals surface area contributed by atoms with Gasteiger partial charge in [0.1, 0.15) is 5.75 Å². The summed E-state index contributed by atoms with van der Waals surface area (Å²) in [6.45, 7) is 6.97. The number of benzene rings is 2. The molecule has 3 aromatic rings. The molecule has 1 unspecified atom stereocenters. The van der Waals surface area contributed by atoms with Crippen LogP contribution in [0.1, 0.15) is 36.9 Å². The van der Waals surface area contributed by atoms with Crippen molar-refractivity contribution >= 4 is 23.4 Å². The summed E-state index contributed by atoms with van der Waals surface area (Å²) in [7, 11) is 0. The van der Waals surface area contributed by atoms with E-state index in [1.54, 1.807) is 11.8 Å². The predicted molar refractivity (Wildman–Crippen MR) is 107 cm³/mol. The minimum absolute atomic E-state index is 0.241. The van der Waals surface area contributed by atoms with Crippen molar-refractivity contribution < 1.29 is 4.74 Å². The quantitative estimate of drug-likeness (QED) is 0.488. The molecule has 0 radical (unpaired) electrons. The Labute approximate surface area is 163 Å². The second-order valence-corrected chi connectivity index (χ2v) is 7.34. The summed E-state index contributed by atoms with van der Waals surface area (Å²) in [4.78, 5) is 0. The van der Waals surface area contributed by atoms with Gasteiger partial charge in [-0.1, -0.05) is 59.8 Å². The molecule has 0 fully saturated rings. The number of aromatic nitrogens is 3. The molecule has 0 aliphatic carbocycles.